The van der Waals surface area contributed by atoms with E-state index in [0.717, 1.165) is 19.5 Å². The Morgan fingerprint density at radius 3 is 2.74 bits per heavy atom. The van der Waals surface area contributed by atoms with Crippen LogP contribution in [0.15, 0.2) is 0 Å². The molecule has 6 nitrogen and oxygen atoms in total. The number of rotatable bonds is 4. The first-order chi connectivity index (χ1) is 8.85. The first kappa shape index (κ1) is 14.7. The van der Waals surface area contributed by atoms with Crippen molar-refractivity contribution in [1.29, 1.82) is 0 Å². The van der Waals surface area contributed by atoms with Gasteiger partial charge in [-0.3, -0.25) is 9.69 Å². The molecule has 2 saturated heterocycles. The van der Waals surface area contributed by atoms with E-state index in [0.29, 0.717) is 13.0 Å². The van der Waals surface area contributed by atoms with Gasteiger partial charge in [-0.2, -0.15) is 0 Å². The second kappa shape index (κ2) is 5.76. The summed E-state index contributed by atoms with van der Waals surface area (Å²) in [5, 5.41) is 12.3. The van der Waals surface area contributed by atoms with E-state index in [1.807, 2.05) is 4.90 Å². The maximum Gasteiger partial charge on any atom is 0.234 e. The Labute approximate surface area is 114 Å². The van der Waals surface area contributed by atoms with Gasteiger partial charge in [0.25, 0.3) is 0 Å². The standard InChI is InChI=1S/C12H22N2O4S/c1-9(15)10-2-4-14(6-10)7-12(16)13-11-3-5-19(17,18)8-11/h9-11,15H,2-8H2,1H3,(H,13,16). The van der Waals surface area contributed by atoms with Gasteiger partial charge in [0.05, 0.1) is 24.2 Å². The molecule has 2 aliphatic rings. The van der Waals surface area contributed by atoms with Crippen molar-refractivity contribution >= 4 is 15.7 Å². The van der Waals surface area contributed by atoms with E-state index in [4.69, 9.17) is 0 Å². The van der Waals surface area contributed by atoms with Crippen molar-refractivity contribution in [1.82, 2.24) is 10.2 Å². The van der Waals surface area contributed by atoms with Crippen molar-refractivity contribution in [2.24, 2.45) is 5.92 Å². The Balaban J connectivity index is 1.74. The van der Waals surface area contributed by atoms with Gasteiger partial charge in [-0.1, -0.05) is 0 Å². The molecule has 110 valence electrons. The number of hydrogen-bond donors (Lipinski definition) is 2. The van der Waals surface area contributed by atoms with E-state index in [1.165, 1.54) is 0 Å². The van der Waals surface area contributed by atoms with Crippen molar-refractivity contribution in [2.75, 3.05) is 31.1 Å². The SMILES string of the molecule is CC(O)C1CCN(CC(=O)NC2CCS(=O)(=O)C2)C1. The summed E-state index contributed by atoms with van der Waals surface area (Å²) in [5.41, 5.74) is 0. The minimum Gasteiger partial charge on any atom is -0.393 e. The zero-order valence-electron chi connectivity index (χ0n) is 11.2. The number of carbonyl (C=O) groups is 1. The highest BCUT2D eigenvalue weighted by Crippen LogP contribution is 2.19. The molecule has 0 aromatic heterocycles. The lowest BCUT2D eigenvalue weighted by Gasteiger charge is -2.18. The zero-order valence-corrected chi connectivity index (χ0v) is 12.0. The van der Waals surface area contributed by atoms with E-state index < -0.39 is 9.84 Å². The highest BCUT2D eigenvalue weighted by Gasteiger charge is 2.31. The van der Waals surface area contributed by atoms with Gasteiger partial charge < -0.3 is 10.4 Å². The smallest absolute Gasteiger partial charge is 0.234 e. The third kappa shape index (κ3) is 4.15. The summed E-state index contributed by atoms with van der Waals surface area (Å²) >= 11 is 0. The molecule has 0 saturated carbocycles. The Bertz CT molecular complexity index is 435. The van der Waals surface area contributed by atoms with Crippen LogP contribution in [-0.2, 0) is 14.6 Å². The number of amides is 1. The Kier molecular flexibility index (Phi) is 4.47. The number of likely N-dealkylation sites (tertiary alicyclic amines) is 1. The van der Waals surface area contributed by atoms with Crippen LogP contribution < -0.4 is 5.32 Å². The summed E-state index contributed by atoms with van der Waals surface area (Å²) in [6.07, 6.45) is 1.08. The third-order valence-corrected chi connectivity index (χ3v) is 5.72. The molecule has 2 fully saturated rings. The molecule has 0 aromatic rings. The van der Waals surface area contributed by atoms with Gasteiger partial charge in [0.2, 0.25) is 5.91 Å². The predicted octanol–water partition coefficient (Wildman–Crippen LogP) is -1.01. The number of nitrogens with zero attached hydrogens (tertiary/aromatic N) is 1. The topological polar surface area (TPSA) is 86.7 Å². The maximum absolute atomic E-state index is 11.8. The largest absolute Gasteiger partial charge is 0.393 e. The minimum atomic E-state index is -2.95. The molecule has 3 atom stereocenters. The summed E-state index contributed by atoms with van der Waals surface area (Å²) < 4.78 is 22.6. The molecule has 7 heteroatoms. The van der Waals surface area contributed by atoms with Crippen LogP contribution in [0, 0.1) is 5.92 Å². The van der Waals surface area contributed by atoms with E-state index in [-0.39, 0.29) is 35.5 Å². The predicted molar refractivity (Wildman–Crippen MR) is 71.4 cm³/mol. The van der Waals surface area contributed by atoms with E-state index >= 15 is 0 Å². The Morgan fingerprint density at radius 1 is 1.47 bits per heavy atom. The molecule has 0 aliphatic carbocycles. The van der Waals surface area contributed by atoms with E-state index in [9.17, 15) is 18.3 Å². The number of nitrogens with one attached hydrogen (secondary N) is 1. The fourth-order valence-electron chi connectivity index (χ4n) is 2.79. The van der Waals surface area contributed by atoms with Gasteiger partial charge >= 0.3 is 0 Å². The molecule has 2 heterocycles. The van der Waals surface area contributed by atoms with Crippen LogP contribution in [0.4, 0.5) is 0 Å². The Morgan fingerprint density at radius 2 is 2.21 bits per heavy atom. The molecule has 2 rings (SSSR count). The lowest BCUT2D eigenvalue weighted by Crippen LogP contribution is -2.42. The normalized spacial score (nSPS) is 32.3. The van der Waals surface area contributed by atoms with Crippen molar-refractivity contribution in [3.05, 3.63) is 0 Å². The van der Waals surface area contributed by atoms with Gasteiger partial charge in [-0.25, -0.2) is 8.42 Å². The molecule has 1 amide bonds. The molecule has 19 heavy (non-hydrogen) atoms. The zero-order chi connectivity index (χ0) is 14.0. The van der Waals surface area contributed by atoms with Gasteiger partial charge in [0.1, 0.15) is 0 Å². The van der Waals surface area contributed by atoms with E-state index in [2.05, 4.69) is 5.32 Å². The lowest BCUT2D eigenvalue weighted by molar-refractivity contribution is -0.122. The first-order valence-electron chi connectivity index (χ1n) is 6.76. The molecule has 2 aliphatic heterocycles. The summed E-state index contributed by atoms with van der Waals surface area (Å²) in [6, 6.07) is -0.229. The maximum atomic E-state index is 11.8. The summed E-state index contributed by atoms with van der Waals surface area (Å²) in [7, 11) is -2.95. The van der Waals surface area contributed by atoms with Gasteiger partial charge in [-0.15, -0.1) is 0 Å². The van der Waals surface area contributed by atoms with E-state index in [1.54, 1.807) is 6.92 Å². The highest BCUT2D eigenvalue weighted by molar-refractivity contribution is 7.91. The molecule has 0 radical (unpaired) electrons. The summed E-state index contributed by atoms with van der Waals surface area (Å²) in [5.74, 6) is 0.355. The van der Waals surface area contributed by atoms with Crippen LogP contribution in [0.2, 0.25) is 0 Å². The van der Waals surface area contributed by atoms with Gasteiger partial charge in [0.15, 0.2) is 9.84 Å². The minimum absolute atomic E-state index is 0.0645. The van der Waals surface area contributed by atoms with Crippen molar-refractivity contribution in [2.45, 2.75) is 31.9 Å². The van der Waals surface area contributed by atoms with Gasteiger partial charge in [-0.05, 0) is 32.2 Å². The second-order valence-corrected chi connectivity index (χ2v) is 7.92. The number of aliphatic hydroxyl groups excluding tert-OH is 1. The third-order valence-electron chi connectivity index (χ3n) is 3.96. The van der Waals surface area contributed by atoms with Crippen LogP contribution in [0.3, 0.4) is 0 Å². The molecular formula is C12H22N2O4S. The fraction of sp³-hybridized carbons (Fsp3) is 0.917. The number of carbonyl (C=O) groups excluding carboxylic acids is 1. The molecule has 0 aromatic carbocycles. The molecular weight excluding hydrogens is 268 g/mol. The fourth-order valence-corrected chi connectivity index (χ4v) is 4.46. The monoisotopic (exact) mass is 290 g/mol. The molecule has 3 unspecified atom stereocenters. The van der Waals surface area contributed by atoms with Crippen molar-refractivity contribution < 1.29 is 18.3 Å². The van der Waals surface area contributed by atoms with Crippen LogP contribution in [-0.4, -0.2) is 67.6 Å². The van der Waals surface area contributed by atoms with Crippen molar-refractivity contribution in [3.63, 3.8) is 0 Å². The first-order valence-corrected chi connectivity index (χ1v) is 8.58. The Hall–Kier alpha value is -0.660. The molecule has 2 N–H and O–H groups in total. The van der Waals surface area contributed by atoms with Crippen LogP contribution in [0.1, 0.15) is 19.8 Å². The number of sulfone groups is 1. The number of hydrogen-bond acceptors (Lipinski definition) is 5. The van der Waals surface area contributed by atoms with Crippen LogP contribution in [0.5, 0.6) is 0 Å². The van der Waals surface area contributed by atoms with Crippen molar-refractivity contribution in [3.8, 4) is 0 Å². The highest BCUT2D eigenvalue weighted by atomic mass is 32.2. The molecule has 0 spiro atoms. The van der Waals surface area contributed by atoms with Crippen LogP contribution >= 0.6 is 0 Å². The van der Waals surface area contributed by atoms with Gasteiger partial charge in [0, 0.05) is 12.6 Å². The molecule has 0 bridgehead atoms. The van der Waals surface area contributed by atoms with Crippen LogP contribution in [0.25, 0.3) is 0 Å². The second-order valence-electron chi connectivity index (χ2n) is 5.69. The number of aliphatic hydroxyl groups is 1. The lowest BCUT2D eigenvalue weighted by atomic mass is 10.0. The quantitative estimate of drug-likeness (QED) is 0.693. The summed E-state index contributed by atoms with van der Waals surface area (Å²) in [6.45, 7) is 3.61. The summed E-state index contributed by atoms with van der Waals surface area (Å²) in [4.78, 5) is 13.8. The average Bonchev–Trinajstić information content (AvgIpc) is 2.85. The average molecular weight is 290 g/mol.